The summed E-state index contributed by atoms with van der Waals surface area (Å²) < 4.78 is 0. The third-order valence-electron chi connectivity index (χ3n) is 2.75. The minimum atomic E-state index is -1.08. The first kappa shape index (κ1) is 14.2. The number of anilines is 1. The molecule has 3 N–H and O–H groups in total. The number of nitrogens with two attached hydrogens (primary N) is 1. The Hall–Kier alpha value is -2.25. The predicted molar refractivity (Wildman–Crippen MR) is 76.1 cm³/mol. The van der Waals surface area contributed by atoms with Crippen molar-refractivity contribution in [3.05, 3.63) is 45.9 Å². The number of aromatic carboxylic acids is 1. The number of thiazole rings is 1. The molecule has 0 saturated heterocycles. The summed E-state index contributed by atoms with van der Waals surface area (Å²) in [5, 5.41) is 11.4. The Kier molecular flexibility index (Phi) is 4.11. The van der Waals surface area contributed by atoms with Gasteiger partial charge in [-0.25, -0.2) is 9.78 Å². The number of rotatable bonds is 4. The fraction of sp³-hybridized carbons (Fsp3) is 0.154. The van der Waals surface area contributed by atoms with Gasteiger partial charge in [-0.2, -0.15) is 0 Å². The minimum Gasteiger partial charge on any atom is -0.478 e. The average Bonchev–Trinajstić information content (AvgIpc) is 2.94. The molecule has 1 amide bonds. The van der Waals surface area contributed by atoms with Crippen LogP contribution in [0.3, 0.4) is 0 Å². The zero-order valence-corrected chi connectivity index (χ0v) is 11.6. The summed E-state index contributed by atoms with van der Waals surface area (Å²) in [4.78, 5) is 28.8. The quantitative estimate of drug-likeness (QED) is 0.891. The van der Waals surface area contributed by atoms with E-state index in [9.17, 15) is 9.59 Å². The van der Waals surface area contributed by atoms with Crippen molar-refractivity contribution >= 4 is 28.9 Å². The number of hydrogen-bond acceptors (Lipinski definition) is 5. The second kappa shape index (κ2) is 5.81. The Bertz CT molecular complexity index is 654. The van der Waals surface area contributed by atoms with Gasteiger partial charge in [-0.15, -0.1) is 11.3 Å². The summed E-state index contributed by atoms with van der Waals surface area (Å²) in [6.07, 6.45) is 0. The van der Waals surface area contributed by atoms with E-state index in [-0.39, 0.29) is 23.7 Å². The van der Waals surface area contributed by atoms with E-state index < -0.39 is 5.97 Å². The van der Waals surface area contributed by atoms with Crippen LogP contribution >= 0.6 is 11.3 Å². The molecule has 0 aliphatic rings. The molecule has 0 aliphatic carbocycles. The van der Waals surface area contributed by atoms with Crippen LogP contribution in [0.4, 0.5) is 5.69 Å². The van der Waals surface area contributed by atoms with Crippen LogP contribution in [-0.2, 0) is 6.54 Å². The highest BCUT2D eigenvalue weighted by atomic mass is 32.1. The lowest BCUT2D eigenvalue weighted by atomic mass is 10.1. The molecule has 0 bridgehead atoms. The molecule has 1 aromatic heterocycles. The minimum absolute atomic E-state index is 0.0672. The van der Waals surface area contributed by atoms with Crippen LogP contribution in [0, 0.1) is 0 Å². The first-order valence-corrected chi connectivity index (χ1v) is 6.67. The number of carbonyl (C=O) groups excluding carboxylic acids is 1. The lowest BCUT2D eigenvalue weighted by molar-refractivity contribution is 0.0697. The third-order valence-corrected chi connectivity index (χ3v) is 3.62. The molecule has 2 rings (SSSR count). The lowest BCUT2D eigenvalue weighted by Gasteiger charge is -2.18. The molecule has 0 radical (unpaired) electrons. The van der Waals surface area contributed by atoms with Crippen molar-refractivity contribution in [2.75, 3.05) is 11.9 Å². The first-order valence-electron chi connectivity index (χ1n) is 5.79. The predicted octanol–water partition coefficient (Wildman–Crippen LogP) is 1.58. The molecule has 0 saturated carbocycles. The number of benzene rings is 1. The van der Waals surface area contributed by atoms with Crippen LogP contribution in [0.2, 0.25) is 0 Å². The van der Waals surface area contributed by atoms with Gasteiger partial charge >= 0.3 is 5.97 Å². The van der Waals surface area contributed by atoms with Crippen molar-refractivity contribution in [3.63, 3.8) is 0 Å². The van der Waals surface area contributed by atoms with Crippen LogP contribution in [0.25, 0.3) is 0 Å². The highest BCUT2D eigenvalue weighted by Gasteiger charge is 2.20. The van der Waals surface area contributed by atoms with E-state index in [4.69, 9.17) is 10.8 Å². The number of para-hydroxylation sites is 1. The molecule has 6 nitrogen and oxygen atoms in total. The van der Waals surface area contributed by atoms with E-state index in [2.05, 4.69) is 4.98 Å². The average molecular weight is 291 g/mol. The van der Waals surface area contributed by atoms with Gasteiger partial charge in [0.2, 0.25) is 0 Å². The van der Waals surface area contributed by atoms with Crippen molar-refractivity contribution in [2.45, 2.75) is 6.54 Å². The largest absolute Gasteiger partial charge is 0.478 e. The van der Waals surface area contributed by atoms with Crippen molar-refractivity contribution in [3.8, 4) is 0 Å². The van der Waals surface area contributed by atoms with E-state index in [1.54, 1.807) is 23.6 Å². The van der Waals surface area contributed by atoms with E-state index in [0.717, 1.165) is 0 Å². The molecule has 7 heteroatoms. The zero-order valence-electron chi connectivity index (χ0n) is 10.7. The Balaban J connectivity index is 2.33. The summed E-state index contributed by atoms with van der Waals surface area (Å²) in [5.74, 6) is -1.45. The maximum Gasteiger partial charge on any atom is 0.337 e. The Morgan fingerprint density at radius 3 is 2.70 bits per heavy atom. The number of hydrogen-bond donors (Lipinski definition) is 2. The highest BCUT2D eigenvalue weighted by Crippen LogP contribution is 2.21. The summed E-state index contributed by atoms with van der Waals surface area (Å²) >= 11 is 1.30. The SMILES string of the molecule is CN(C(=O)c1csc(CN)n1)c1ccccc1C(=O)O. The van der Waals surface area contributed by atoms with Crippen LogP contribution in [0.1, 0.15) is 25.9 Å². The van der Waals surface area contributed by atoms with Crippen molar-refractivity contribution in [1.29, 1.82) is 0 Å². The second-order valence-corrected chi connectivity index (χ2v) is 4.96. The molecule has 1 heterocycles. The van der Waals surface area contributed by atoms with Crippen molar-refractivity contribution in [2.24, 2.45) is 5.73 Å². The molecule has 0 fully saturated rings. The van der Waals surface area contributed by atoms with Gasteiger partial charge in [-0.3, -0.25) is 4.79 Å². The summed E-state index contributed by atoms with van der Waals surface area (Å²) in [6.45, 7) is 0.271. The Morgan fingerprint density at radius 1 is 1.40 bits per heavy atom. The number of aromatic nitrogens is 1. The Morgan fingerprint density at radius 2 is 2.10 bits per heavy atom. The van der Waals surface area contributed by atoms with Gasteiger partial charge in [-0.05, 0) is 12.1 Å². The van der Waals surface area contributed by atoms with E-state index in [1.807, 2.05) is 0 Å². The fourth-order valence-electron chi connectivity index (χ4n) is 1.73. The molecule has 104 valence electrons. The third kappa shape index (κ3) is 2.68. The van der Waals surface area contributed by atoms with E-state index in [0.29, 0.717) is 10.7 Å². The van der Waals surface area contributed by atoms with Gasteiger partial charge in [0, 0.05) is 19.0 Å². The number of carbonyl (C=O) groups is 2. The second-order valence-electron chi connectivity index (χ2n) is 4.02. The molecule has 0 aliphatic heterocycles. The van der Waals surface area contributed by atoms with Crippen LogP contribution in [0.15, 0.2) is 29.6 Å². The number of nitrogens with zero attached hydrogens (tertiary/aromatic N) is 2. The van der Waals surface area contributed by atoms with Gasteiger partial charge < -0.3 is 15.7 Å². The highest BCUT2D eigenvalue weighted by molar-refractivity contribution is 7.09. The maximum atomic E-state index is 12.3. The summed E-state index contributed by atoms with van der Waals surface area (Å²) in [5.41, 5.74) is 6.12. The van der Waals surface area contributed by atoms with Gasteiger partial charge in [0.25, 0.3) is 5.91 Å². The zero-order chi connectivity index (χ0) is 14.7. The molecule has 0 spiro atoms. The molecule has 1 aromatic carbocycles. The van der Waals surface area contributed by atoms with Crippen molar-refractivity contribution in [1.82, 2.24) is 4.98 Å². The van der Waals surface area contributed by atoms with E-state index >= 15 is 0 Å². The molecule has 2 aromatic rings. The summed E-state index contributed by atoms with van der Waals surface area (Å²) in [6, 6.07) is 6.32. The molecule has 20 heavy (non-hydrogen) atoms. The Labute approximate surface area is 119 Å². The van der Waals surface area contributed by atoms with Gasteiger partial charge in [0.15, 0.2) is 0 Å². The number of amides is 1. The first-order chi connectivity index (χ1) is 9.54. The number of carboxylic acid groups (broad SMARTS) is 1. The normalized spacial score (nSPS) is 10.3. The monoisotopic (exact) mass is 291 g/mol. The maximum absolute atomic E-state index is 12.3. The van der Waals surface area contributed by atoms with Gasteiger partial charge in [0.05, 0.1) is 11.3 Å². The van der Waals surface area contributed by atoms with Crippen LogP contribution < -0.4 is 10.6 Å². The van der Waals surface area contributed by atoms with Crippen LogP contribution in [-0.4, -0.2) is 29.0 Å². The van der Waals surface area contributed by atoms with E-state index in [1.165, 1.54) is 29.4 Å². The topological polar surface area (TPSA) is 96.5 Å². The number of carboxylic acids is 1. The summed E-state index contributed by atoms with van der Waals surface area (Å²) in [7, 11) is 1.52. The molecule has 0 atom stereocenters. The molecular weight excluding hydrogens is 278 g/mol. The van der Waals surface area contributed by atoms with Gasteiger partial charge in [0.1, 0.15) is 10.7 Å². The van der Waals surface area contributed by atoms with Crippen molar-refractivity contribution < 1.29 is 14.7 Å². The van der Waals surface area contributed by atoms with Crippen LogP contribution in [0.5, 0.6) is 0 Å². The molecule has 0 unspecified atom stereocenters. The molecular formula is C13H13N3O3S. The van der Waals surface area contributed by atoms with Gasteiger partial charge in [-0.1, -0.05) is 12.1 Å². The lowest BCUT2D eigenvalue weighted by Crippen LogP contribution is -2.28. The smallest absolute Gasteiger partial charge is 0.337 e. The standard InChI is InChI=1S/C13H13N3O3S/c1-16(10-5-3-2-4-8(10)13(18)19)12(17)9-7-20-11(6-14)15-9/h2-5,7H,6,14H2,1H3,(H,18,19). The fourth-order valence-corrected chi connectivity index (χ4v) is 2.38.